The van der Waals surface area contributed by atoms with Gasteiger partial charge in [-0.25, -0.2) is 0 Å². The molecular formula is C14H21NO. The van der Waals surface area contributed by atoms with E-state index in [2.05, 4.69) is 25.2 Å². The second kappa shape index (κ2) is 6.31. The van der Waals surface area contributed by atoms with Gasteiger partial charge < -0.3 is 5.32 Å². The van der Waals surface area contributed by atoms with E-state index in [1.54, 1.807) is 0 Å². The van der Waals surface area contributed by atoms with Gasteiger partial charge >= 0.3 is 0 Å². The molecule has 1 amide bonds. The van der Waals surface area contributed by atoms with Gasteiger partial charge in [0.15, 0.2) is 0 Å². The molecule has 0 radical (unpaired) electrons. The van der Waals surface area contributed by atoms with E-state index in [0.717, 1.165) is 18.5 Å². The smallest absolute Gasteiger partial charge is 0.224 e. The third-order valence-electron chi connectivity index (χ3n) is 2.40. The molecule has 2 nitrogen and oxygen atoms in total. The molecule has 0 aromatic heterocycles. The van der Waals surface area contributed by atoms with Crippen molar-refractivity contribution in [1.29, 1.82) is 0 Å². The zero-order valence-corrected chi connectivity index (χ0v) is 10.4. The van der Waals surface area contributed by atoms with E-state index in [0.29, 0.717) is 12.3 Å². The van der Waals surface area contributed by atoms with Crippen LogP contribution < -0.4 is 5.32 Å². The van der Waals surface area contributed by atoms with Crippen LogP contribution in [0.25, 0.3) is 0 Å². The maximum absolute atomic E-state index is 11.5. The molecule has 1 aromatic rings. The molecule has 0 aliphatic heterocycles. The number of carbonyl (C=O) groups is 1. The van der Waals surface area contributed by atoms with Crippen molar-refractivity contribution in [2.75, 3.05) is 5.32 Å². The Hall–Kier alpha value is -1.31. The highest BCUT2D eigenvalue weighted by Gasteiger charge is 2.06. The van der Waals surface area contributed by atoms with Crippen LogP contribution in [0.3, 0.4) is 0 Å². The quantitative estimate of drug-likeness (QED) is 0.805. The average Bonchev–Trinajstić information content (AvgIpc) is 2.20. The number of amides is 1. The fraction of sp³-hybridized carbons (Fsp3) is 0.500. The Kier molecular flexibility index (Phi) is 5.03. The first-order valence-electron chi connectivity index (χ1n) is 6.01. The second-order valence-electron chi connectivity index (χ2n) is 4.55. The predicted octanol–water partition coefficient (Wildman–Crippen LogP) is 3.62. The molecule has 0 bridgehead atoms. The van der Waals surface area contributed by atoms with Crippen molar-refractivity contribution in [3.63, 3.8) is 0 Å². The Bertz CT molecular complexity index is 344. The lowest BCUT2D eigenvalue weighted by Crippen LogP contribution is -2.12. The van der Waals surface area contributed by atoms with Gasteiger partial charge in [0, 0.05) is 12.1 Å². The van der Waals surface area contributed by atoms with E-state index in [9.17, 15) is 4.79 Å². The third kappa shape index (κ3) is 4.05. The molecule has 1 aromatic carbocycles. The van der Waals surface area contributed by atoms with Crippen LogP contribution in [0.2, 0.25) is 0 Å². The topological polar surface area (TPSA) is 29.1 Å². The minimum Gasteiger partial charge on any atom is -0.326 e. The highest BCUT2D eigenvalue weighted by Crippen LogP contribution is 2.19. The summed E-state index contributed by atoms with van der Waals surface area (Å²) in [6.07, 6.45) is 2.48. The van der Waals surface area contributed by atoms with Gasteiger partial charge in [-0.3, -0.25) is 4.79 Å². The van der Waals surface area contributed by atoms with Crippen LogP contribution in [-0.4, -0.2) is 5.91 Å². The van der Waals surface area contributed by atoms with Crippen LogP contribution in [0, 0.1) is 5.92 Å². The average molecular weight is 219 g/mol. The van der Waals surface area contributed by atoms with Crippen molar-refractivity contribution >= 4 is 11.6 Å². The zero-order chi connectivity index (χ0) is 12.0. The van der Waals surface area contributed by atoms with Gasteiger partial charge in [0.05, 0.1) is 0 Å². The van der Waals surface area contributed by atoms with Gasteiger partial charge in [-0.05, 0) is 30.4 Å². The van der Waals surface area contributed by atoms with E-state index in [-0.39, 0.29) is 5.91 Å². The first-order valence-corrected chi connectivity index (χ1v) is 6.01. The standard InChI is InChI=1S/C14H21NO/c1-4-7-14(16)15-13-9-6-5-8-12(13)10-11(2)3/h5-6,8-9,11H,4,7,10H2,1-3H3,(H,15,16). The van der Waals surface area contributed by atoms with Crippen molar-refractivity contribution in [3.8, 4) is 0 Å². The lowest BCUT2D eigenvalue weighted by Gasteiger charge is -2.12. The lowest BCUT2D eigenvalue weighted by molar-refractivity contribution is -0.116. The van der Waals surface area contributed by atoms with E-state index < -0.39 is 0 Å². The molecule has 0 aliphatic carbocycles. The molecule has 0 heterocycles. The number of carbonyl (C=O) groups excluding carboxylic acids is 1. The van der Waals surface area contributed by atoms with Gasteiger partial charge in [0.2, 0.25) is 5.91 Å². The first-order chi connectivity index (χ1) is 7.63. The van der Waals surface area contributed by atoms with Crippen LogP contribution in [-0.2, 0) is 11.2 Å². The summed E-state index contributed by atoms with van der Waals surface area (Å²) in [7, 11) is 0. The Morgan fingerprint density at radius 3 is 2.62 bits per heavy atom. The second-order valence-corrected chi connectivity index (χ2v) is 4.55. The number of hydrogen-bond donors (Lipinski definition) is 1. The maximum Gasteiger partial charge on any atom is 0.224 e. The number of rotatable bonds is 5. The summed E-state index contributed by atoms with van der Waals surface area (Å²) in [5.41, 5.74) is 2.19. The molecule has 88 valence electrons. The molecule has 16 heavy (non-hydrogen) atoms. The fourth-order valence-corrected chi connectivity index (χ4v) is 1.70. The van der Waals surface area contributed by atoms with Crippen molar-refractivity contribution in [2.24, 2.45) is 5.92 Å². The minimum absolute atomic E-state index is 0.110. The van der Waals surface area contributed by atoms with Gasteiger partial charge in [0.1, 0.15) is 0 Å². The lowest BCUT2D eigenvalue weighted by atomic mass is 10.0. The van der Waals surface area contributed by atoms with Gasteiger partial charge in [0.25, 0.3) is 0 Å². The summed E-state index contributed by atoms with van der Waals surface area (Å²) in [5, 5.41) is 2.98. The van der Waals surface area contributed by atoms with Gasteiger partial charge in [-0.2, -0.15) is 0 Å². The summed E-state index contributed by atoms with van der Waals surface area (Å²) in [6.45, 7) is 6.38. The molecule has 1 N–H and O–H groups in total. The fourth-order valence-electron chi connectivity index (χ4n) is 1.70. The Balaban J connectivity index is 2.74. The van der Waals surface area contributed by atoms with E-state index >= 15 is 0 Å². The van der Waals surface area contributed by atoms with Gasteiger partial charge in [-0.1, -0.05) is 39.0 Å². The van der Waals surface area contributed by atoms with E-state index in [4.69, 9.17) is 0 Å². The van der Waals surface area contributed by atoms with Crippen molar-refractivity contribution in [1.82, 2.24) is 0 Å². The Morgan fingerprint density at radius 1 is 1.31 bits per heavy atom. The normalized spacial score (nSPS) is 10.5. The largest absolute Gasteiger partial charge is 0.326 e. The van der Waals surface area contributed by atoms with Crippen LogP contribution >= 0.6 is 0 Å². The molecular weight excluding hydrogens is 198 g/mol. The van der Waals surface area contributed by atoms with Gasteiger partial charge in [-0.15, -0.1) is 0 Å². The molecule has 0 atom stereocenters. The molecule has 0 aliphatic rings. The number of para-hydroxylation sites is 1. The van der Waals surface area contributed by atoms with Crippen molar-refractivity contribution < 1.29 is 4.79 Å². The number of hydrogen-bond acceptors (Lipinski definition) is 1. The van der Waals surface area contributed by atoms with Crippen LogP contribution in [0.4, 0.5) is 5.69 Å². The summed E-state index contributed by atoms with van der Waals surface area (Å²) in [4.78, 5) is 11.5. The molecule has 0 fully saturated rings. The molecule has 0 saturated carbocycles. The summed E-state index contributed by atoms with van der Waals surface area (Å²) >= 11 is 0. The maximum atomic E-state index is 11.5. The summed E-state index contributed by atoms with van der Waals surface area (Å²) in [5.74, 6) is 0.711. The monoisotopic (exact) mass is 219 g/mol. The van der Waals surface area contributed by atoms with Crippen molar-refractivity contribution in [2.45, 2.75) is 40.0 Å². The molecule has 0 saturated heterocycles. The number of anilines is 1. The molecule has 1 rings (SSSR count). The number of benzene rings is 1. The Labute approximate surface area is 98.1 Å². The van der Waals surface area contributed by atoms with E-state index in [1.807, 2.05) is 25.1 Å². The highest BCUT2D eigenvalue weighted by atomic mass is 16.1. The predicted molar refractivity (Wildman–Crippen MR) is 68.5 cm³/mol. The Morgan fingerprint density at radius 2 is 2.00 bits per heavy atom. The SMILES string of the molecule is CCCC(=O)Nc1ccccc1CC(C)C. The highest BCUT2D eigenvalue weighted by molar-refractivity contribution is 5.91. The van der Waals surface area contributed by atoms with Crippen LogP contribution in [0.1, 0.15) is 39.2 Å². The molecule has 2 heteroatoms. The summed E-state index contributed by atoms with van der Waals surface area (Å²) < 4.78 is 0. The minimum atomic E-state index is 0.110. The van der Waals surface area contributed by atoms with Crippen molar-refractivity contribution in [3.05, 3.63) is 29.8 Å². The van der Waals surface area contributed by atoms with E-state index in [1.165, 1.54) is 5.56 Å². The summed E-state index contributed by atoms with van der Waals surface area (Å²) in [6, 6.07) is 8.05. The first kappa shape index (κ1) is 12.8. The number of nitrogens with one attached hydrogen (secondary N) is 1. The van der Waals surface area contributed by atoms with Crippen LogP contribution in [0.15, 0.2) is 24.3 Å². The van der Waals surface area contributed by atoms with Crippen LogP contribution in [0.5, 0.6) is 0 Å². The zero-order valence-electron chi connectivity index (χ0n) is 10.4. The molecule has 0 spiro atoms. The third-order valence-corrected chi connectivity index (χ3v) is 2.40. The molecule has 0 unspecified atom stereocenters.